The van der Waals surface area contributed by atoms with E-state index in [0.717, 1.165) is 4.68 Å². The van der Waals surface area contributed by atoms with Gasteiger partial charge in [0.2, 0.25) is 5.91 Å². The van der Waals surface area contributed by atoms with E-state index in [1.54, 1.807) is 24.3 Å². The molecule has 1 atom stereocenters. The fourth-order valence-corrected chi connectivity index (χ4v) is 1.81. The number of anilines is 1. The number of amides is 1. The molecule has 0 aliphatic rings. The van der Waals surface area contributed by atoms with Crippen molar-refractivity contribution in [3.8, 4) is 0 Å². The summed E-state index contributed by atoms with van der Waals surface area (Å²) < 4.78 is 25.6. The van der Waals surface area contributed by atoms with Crippen LogP contribution in [-0.4, -0.2) is 22.1 Å². The molecule has 0 saturated carbocycles. The van der Waals surface area contributed by atoms with Gasteiger partial charge in [0, 0.05) is 6.20 Å². The summed E-state index contributed by atoms with van der Waals surface area (Å²) in [6.07, 6.45) is 0.301. The fourth-order valence-electron chi connectivity index (χ4n) is 1.81. The summed E-state index contributed by atoms with van der Waals surface area (Å²) >= 11 is 0. The second-order valence-electron chi connectivity index (χ2n) is 4.23. The predicted molar refractivity (Wildman–Crippen MR) is 70.2 cm³/mol. The number of aromatic nitrogens is 2. The maximum Gasteiger partial charge on any atom is 0.257 e. The standard InChI is InChI=1S/C13H14F2N4O/c14-11(15)8-19-7-10(6-17-19)18-12(13(16)20)9-4-2-1-3-5-9/h1-7,11-12,18H,8H2,(H2,16,20). The Morgan fingerprint density at radius 1 is 1.35 bits per heavy atom. The van der Waals surface area contributed by atoms with Gasteiger partial charge in [0.1, 0.15) is 12.6 Å². The Balaban J connectivity index is 2.13. The van der Waals surface area contributed by atoms with Gasteiger partial charge in [-0.2, -0.15) is 5.10 Å². The van der Waals surface area contributed by atoms with Gasteiger partial charge in [0.25, 0.3) is 6.43 Å². The quantitative estimate of drug-likeness (QED) is 0.847. The van der Waals surface area contributed by atoms with Gasteiger partial charge in [0.15, 0.2) is 0 Å². The lowest BCUT2D eigenvalue weighted by molar-refractivity contribution is -0.118. The largest absolute Gasteiger partial charge is 0.368 e. The van der Waals surface area contributed by atoms with Crippen LogP contribution in [0.15, 0.2) is 42.7 Å². The Bertz CT molecular complexity index is 571. The number of halogens is 2. The lowest BCUT2D eigenvalue weighted by Crippen LogP contribution is -2.27. The third-order valence-corrected chi connectivity index (χ3v) is 2.69. The molecule has 2 rings (SSSR count). The molecule has 1 unspecified atom stereocenters. The van der Waals surface area contributed by atoms with Crippen molar-refractivity contribution in [1.29, 1.82) is 0 Å². The van der Waals surface area contributed by atoms with Crippen molar-refractivity contribution < 1.29 is 13.6 Å². The minimum atomic E-state index is -2.48. The van der Waals surface area contributed by atoms with Gasteiger partial charge in [-0.1, -0.05) is 30.3 Å². The molecule has 1 aromatic heterocycles. The third kappa shape index (κ3) is 3.53. The zero-order valence-electron chi connectivity index (χ0n) is 10.5. The molecule has 0 radical (unpaired) electrons. The SMILES string of the molecule is NC(=O)C(Nc1cnn(CC(F)F)c1)c1ccccc1. The smallest absolute Gasteiger partial charge is 0.257 e. The molecule has 106 valence electrons. The number of hydrogen-bond acceptors (Lipinski definition) is 3. The van der Waals surface area contributed by atoms with Crippen molar-refractivity contribution in [3.63, 3.8) is 0 Å². The number of alkyl halides is 2. The summed E-state index contributed by atoms with van der Waals surface area (Å²) in [5.41, 5.74) is 6.51. The zero-order valence-corrected chi connectivity index (χ0v) is 10.5. The van der Waals surface area contributed by atoms with Gasteiger partial charge < -0.3 is 11.1 Å². The Kier molecular flexibility index (Phi) is 4.29. The van der Waals surface area contributed by atoms with Crippen LogP contribution in [0.4, 0.5) is 14.5 Å². The second kappa shape index (κ2) is 6.14. The number of carbonyl (C=O) groups excluding carboxylic acids is 1. The minimum Gasteiger partial charge on any atom is -0.368 e. The zero-order chi connectivity index (χ0) is 14.5. The van der Waals surface area contributed by atoms with Gasteiger partial charge in [-0.3, -0.25) is 9.48 Å². The average Bonchev–Trinajstić information content (AvgIpc) is 2.83. The Hall–Kier alpha value is -2.44. The van der Waals surface area contributed by atoms with Crippen molar-refractivity contribution >= 4 is 11.6 Å². The number of primary amides is 1. The van der Waals surface area contributed by atoms with Crippen LogP contribution < -0.4 is 11.1 Å². The van der Waals surface area contributed by atoms with E-state index in [1.165, 1.54) is 12.4 Å². The van der Waals surface area contributed by atoms with Crippen molar-refractivity contribution in [2.45, 2.75) is 19.0 Å². The number of nitrogens with one attached hydrogen (secondary N) is 1. The van der Waals surface area contributed by atoms with Gasteiger partial charge in [-0.25, -0.2) is 8.78 Å². The van der Waals surface area contributed by atoms with Crippen molar-refractivity contribution in [2.24, 2.45) is 5.73 Å². The molecule has 0 bridgehead atoms. The van der Waals surface area contributed by atoms with Gasteiger partial charge >= 0.3 is 0 Å². The van der Waals surface area contributed by atoms with Crippen LogP contribution in [-0.2, 0) is 11.3 Å². The van der Waals surface area contributed by atoms with E-state index in [4.69, 9.17) is 5.73 Å². The summed E-state index contributed by atoms with van der Waals surface area (Å²) in [7, 11) is 0. The highest BCUT2D eigenvalue weighted by Crippen LogP contribution is 2.19. The van der Waals surface area contributed by atoms with Crippen molar-refractivity contribution in [3.05, 3.63) is 48.3 Å². The van der Waals surface area contributed by atoms with E-state index in [0.29, 0.717) is 11.3 Å². The lowest BCUT2D eigenvalue weighted by Gasteiger charge is -2.15. The molecule has 5 nitrogen and oxygen atoms in total. The van der Waals surface area contributed by atoms with E-state index in [1.807, 2.05) is 6.07 Å². The van der Waals surface area contributed by atoms with Crippen LogP contribution in [0.25, 0.3) is 0 Å². The number of benzene rings is 1. The summed E-state index contributed by atoms with van der Waals surface area (Å²) in [5, 5.41) is 6.67. The highest BCUT2D eigenvalue weighted by molar-refractivity contribution is 5.84. The van der Waals surface area contributed by atoms with Gasteiger partial charge in [-0.05, 0) is 5.56 Å². The molecular weight excluding hydrogens is 266 g/mol. The summed E-state index contributed by atoms with van der Waals surface area (Å²) in [5.74, 6) is -0.558. The van der Waals surface area contributed by atoms with Crippen molar-refractivity contribution in [1.82, 2.24) is 9.78 Å². The molecule has 2 aromatic rings. The summed E-state index contributed by atoms with van der Waals surface area (Å²) in [6.45, 7) is -0.492. The van der Waals surface area contributed by atoms with Crippen LogP contribution in [0.2, 0.25) is 0 Å². The van der Waals surface area contributed by atoms with Crippen molar-refractivity contribution in [2.75, 3.05) is 5.32 Å². The molecule has 3 N–H and O–H groups in total. The number of hydrogen-bond donors (Lipinski definition) is 2. The number of nitrogens with zero attached hydrogens (tertiary/aromatic N) is 2. The maximum absolute atomic E-state index is 12.2. The molecule has 0 fully saturated rings. The molecule has 0 spiro atoms. The monoisotopic (exact) mass is 280 g/mol. The van der Waals surface area contributed by atoms with E-state index >= 15 is 0 Å². The molecule has 20 heavy (non-hydrogen) atoms. The maximum atomic E-state index is 12.2. The van der Waals surface area contributed by atoms with Crippen LogP contribution in [0, 0.1) is 0 Å². The predicted octanol–water partition coefficient (Wildman–Crippen LogP) is 1.79. The highest BCUT2D eigenvalue weighted by atomic mass is 19.3. The minimum absolute atomic E-state index is 0.457. The summed E-state index contributed by atoms with van der Waals surface area (Å²) in [4.78, 5) is 11.5. The molecule has 1 amide bonds. The topological polar surface area (TPSA) is 72.9 Å². The van der Waals surface area contributed by atoms with E-state index in [9.17, 15) is 13.6 Å². The highest BCUT2D eigenvalue weighted by Gasteiger charge is 2.18. The second-order valence-corrected chi connectivity index (χ2v) is 4.23. The summed E-state index contributed by atoms with van der Waals surface area (Å²) in [6, 6.07) is 8.17. The number of carbonyl (C=O) groups is 1. The molecule has 0 aliphatic carbocycles. The Morgan fingerprint density at radius 3 is 2.65 bits per heavy atom. The van der Waals surface area contributed by atoms with Crippen LogP contribution >= 0.6 is 0 Å². The third-order valence-electron chi connectivity index (χ3n) is 2.69. The molecule has 0 aliphatic heterocycles. The van der Waals surface area contributed by atoms with Gasteiger partial charge in [-0.15, -0.1) is 0 Å². The first kappa shape index (κ1) is 14.0. The molecule has 1 aromatic carbocycles. The van der Waals surface area contributed by atoms with Crippen LogP contribution in [0.3, 0.4) is 0 Å². The van der Waals surface area contributed by atoms with E-state index < -0.39 is 24.9 Å². The van der Waals surface area contributed by atoms with E-state index in [2.05, 4.69) is 10.4 Å². The first-order chi connectivity index (χ1) is 9.56. The first-order valence-corrected chi connectivity index (χ1v) is 5.97. The number of rotatable bonds is 6. The normalized spacial score (nSPS) is 12.3. The fraction of sp³-hybridized carbons (Fsp3) is 0.231. The molecule has 7 heteroatoms. The molecule has 0 saturated heterocycles. The average molecular weight is 280 g/mol. The van der Waals surface area contributed by atoms with Crippen LogP contribution in [0.1, 0.15) is 11.6 Å². The van der Waals surface area contributed by atoms with Crippen LogP contribution in [0.5, 0.6) is 0 Å². The lowest BCUT2D eigenvalue weighted by atomic mass is 10.1. The Morgan fingerprint density at radius 2 is 2.05 bits per heavy atom. The first-order valence-electron chi connectivity index (χ1n) is 5.97. The number of nitrogens with two attached hydrogens (primary N) is 1. The van der Waals surface area contributed by atoms with Gasteiger partial charge in [0.05, 0.1) is 11.9 Å². The molecular formula is C13H14F2N4O. The van der Waals surface area contributed by atoms with E-state index in [-0.39, 0.29) is 0 Å². The molecule has 1 heterocycles. The Labute approximate surface area is 114 Å².